The molecule has 0 bridgehead atoms. The van der Waals surface area contributed by atoms with E-state index in [9.17, 15) is 0 Å². The van der Waals surface area contributed by atoms with E-state index in [1.165, 1.54) is 38.8 Å². The van der Waals surface area contributed by atoms with Crippen LogP contribution in [0.1, 0.15) is 25.7 Å². The van der Waals surface area contributed by atoms with Crippen LogP contribution in [0.5, 0.6) is 0 Å². The van der Waals surface area contributed by atoms with Crippen molar-refractivity contribution in [3.05, 3.63) is 0 Å². The van der Waals surface area contributed by atoms with Gasteiger partial charge in [-0.15, -0.1) is 0 Å². The smallest absolute Gasteiger partial charge is 0.122 e. The van der Waals surface area contributed by atoms with Crippen LogP contribution < -0.4 is 4.90 Å². The number of nitrogens with zero attached hydrogens (tertiary/aromatic N) is 2. The van der Waals surface area contributed by atoms with Gasteiger partial charge in [-0.1, -0.05) is 0 Å². The lowest BCUT2D eigenvalue weighted by molar-refractivity contribution is -0.870. The van der Waals surface area contributed by atoms with Gasteiger partial charge in [0.2, 0.25) is 0 Å². The van der Waals surface area contributed by atoms with Crippen molar-refractivity contribution in [1.29, 1.82) is 0 Å². The van der Waals surface area contributed by atoms with Crippen molar-refractivity contribution in [1.82, 2.24) is 4.90 Å². The second kappa shape index (κ2) is 6.39. The molecular formula is C11H27N2+2. The maximum absolute atomic E-state index is 2.26. The third-order valence-corrected chi connectivity index (χ3v) is 2.18. The molecule has 0 aromatic rings. The average molecular weight is 187 g/mol. The fourth-order valence-electron chi connectivity index (χ4n) is 1.37. The van der Waals surface area contributed by atoms with Gasteiger partial charge in [0.25, 0.3) is 0 Å². The second-order valence-electron chi connectivity index (χ2n) is 5.23. The van der Waals surface area contributed by atoms with Crippen LogP contribution in [0.2, 0.25) is 0 Å². The molecule has 79 valence electrons. The molecule has 2 nitrogen and oxygen atoms in total. The van der Waals surface area contributed by atoms with Gasteiger partial charge in [-0.3, -0.25) is 0 Å². The fourth-order valence-corrected chi connectivity index (χ4v) is 1.37. The summed E-state index contributed by atoms with van der Waals surface area (Å²) in [6, 6.07) is 0. The van der Waals surface area contributed by atoms with Crippen LogP contribution >= 0.6 is 0 Å². The average Bonchev–Trinajstić information content (AvgIpc) is 1.93. The summed E-state index contributed by atoms with van der Waals surface area (Å²) in [6.45, 7) is 2.55. The molecule has 0 aliphatic carbocycles. The molecule has 0 aromatic carbocycles. The summed E-state index contributed by atoms with van der Waals surface area (Å²) in [5.74, 6) is 0. The number of hydrogen-bond donors (Lipinski definition) is 0. The predicted molar refractivity (Wildman–Crippen MR) is 60.2 cm³/mol. The Hall–Kier alpha value is -0.0800. The molecule has 0 saturated heterocycles. The van der Waals surface area contributed by atoms with Crippen LogP contribution in [0.4, 0.5) is 0 Å². The summed E-state index contributed by atoms with van der Waals surface area (Å²) in [5.41, 5.74) is 0. The van der Waals surface area contributed by atoms with Crippen LogP contribution in [0.3, 0.4) is 0 Å². The van der Waals surface area contributed by atoms with Gasteiger partial charge < -0.3 is 4.48 Å². The molecule has 13 heavy (non-hydrogen) atoms. The summed E-state index contributed by atoms with van der Waals surface area (Å²) in [5, 5.41) is 0. The van der Waals surface area contributed by atoms with E-state index < -0.39 is 0 Å². The Morgan fingerprint density at radius 3 is 1.85 bits per heavy atom. The van der Waals surface area contributed by atoms with E-state index in [0.29, 0.717) is 0 Å². The Kier molecular flexibility index (Phi) is 6.35. The maximum atomic E-state index is 2.26. The summed E-state index contributed by atoms with van der Waals surface area (Å²) in [6.07, 6.45) is 5.50. The zero-order valence-corrected chi connectivity index (χ0v) is 10.1. The van der Waals surface area contributed by atoms with Crippen LogP contribution in [0, 0.1) is 0 Å². The Bertz CT molecular complexity index is 114. The van der Waals surface area contributed by atoms with Crippen LogP contribution in [-0.2, 0) is 0 Å². The molecule has 0 saturated carbocycles. The van der Waals surface area contributed by atoms with Crippen molar-refractivity contribution >= 4 is 0 Å². The molecule has 0 aliphatic rings. The van der Waals surface area contributed by atoms with Gasteiger partial charge in [-0.25, -0.2) is 0 Å². The number of rotatable bonds is 7. The molecule has 0 fully saturated rings. The van der Waals surface area contributed by atoms with E-state index >= 15 is 0 Å². The molecule has 0 heterocycles. The summed E-state index contributed by atoms with van der Waals surface area (Å²) >= 11 is 0. The van der Waals surface area contributed by atoms with Crippen LogP contribution in [0.25, 0.3) is 0 Å². The SMILES string of the molecule is C[N+](C)CCCCCC[N+](C)(C)C. The lowest BCUT2D eigenvalue weighted by Crippen LogP contribution is -2.35. The highest BCUT2D eigenvalue weighted by Crippen LogP contribution is 2.03. The predicted octanol–water partition coefficient (Wildman–Crippen LogP) is 1.65. The molecule has 0 spiro atoms. The minimum Gasteiger partial charge on any atom is -0.331 e. The highest BCUT2D eigenvalue weighted by molar-refractivity contribution is 4.50. The quantitative estimate of drug-likeness (QED) is 0.325. The topological polar surface area (TPSA) is 5.90 Å². The molecule has 0 atom stereocenters. The summed E-state index contributed by atoms with van der Waals surface area (Å²) in [7, 11) is 11.1. The van der Waals surface area contributed by atoms with E-state index in [1.54, 1.807) is 0 Å². The van der Waals surface area contributed by atoms with E-state index in [0.717, 1.165) is 4.48 Å². The molecular weight excluding hydrogens is 160 g/mol. The highest BCUT2D eigenvalue weighted by atomic mass is 15.3. The molecule has 0 N–H and O–H groups in total. The summed E-state index contributed by atoms with van der Waals surface area (Å²) < 4.78 is 1.10. The van der Waals surface area contributed by atoms with Gasteiger partial charge >= 0.3 is 0 Å². The van der Waals surface area contributed by atoms with Crippen LogP contribution in [0.15, 0.2) is 0 Å². The summed E-state index contributed by atoms with van der Waals surface area (Å²) in [4.78, 5) is 2.26. The second-order valence-corrected chi connectivity index (χ2v) is 5.23. The zero-order valence-electron chi connectivity index (χ0n) is 10.1. The van der Waals surface area contributed by atoms with Crippen molar-refractivity contribution in [2.45, 2.75) is 25.7 Å². The van der Waals surface area contributed by atoms with Gasteiger partial charge in [0, 0.05) is 6.42 Å². The molecule has 0 amide bonds. The van der Waals surface area contributed by atoms with Crippen LogP contribution in [-0.4, -0.2) is 52.8 Å². The van der Waals surface area contributed by atoms with E-state index in [-0.39, 0.29) is 0 Å². The third kappa shape index (κ3) is 11.9. The standard InChI is InChI=1S/C11H27N2/c1-12(2)10-8-6-7-9-11-13(3,4)5/h6-11H2,1-5H3/q+2. The number of hydrogen-bond acceptors (Lipinski definition) is 1. The Labute approximate surface area is 84.1 Å². The Morgan fingerprint density at radius 2 is 1.38 bits per heavy atom. The molecule has 0 rings (SSSR count). The monoisotopic (exact) mass is 187 g/mol. The first kappa shape index (κ1) is 12.9. The fraction of sp³-hybridized carbons (Fsp3) is 1.00. The zero-order chi connectivity index (χ0) is 10.3. The van der Waals surface area contributed by atoms with Gasteiger partial charge in [0.05, 0.1) is 27.7 Å². The number of unbranched alkanes of at least 4 members (excludes halogenated alkanes) is 3. The first-order valence-electron chi connectivity index (χ1n) is 5.37. The van der Waals surface area contributed by atoms with Crippen molar-refractivity contribution in [2.75, 3.05) is 48.3 Å². The molecule has 2 heteroatoms. The van der Waals surface area contributed by atoms with Gasteiger partial charge in [-0.2, -0.15) is 4.90 Å². The first-order chi connectivity index (χ1) is 5.92. The number of quaternary nitrogens is 1. The van der Waals surface area contributed by atoms with Gasteiger partial charge in [0.1, 0.15) is 20.6 Å². The van der Waals surface area contributed by atoms with E-state index in [2.05, 4.69) is 40.1 Å². The van der Waals surface area contributed by atoms with Crippen molar-refractivity contribution in [3.63, 3.8) is 0 Å². The lowest BCUT2D eigenvalue weighted by atomic mass is 10.2. The van der Waals surface area contributed by atoms with E-state index in [1.807, 2.05) is 0 Å². The molecule has 0 aliphatic heterocycles. The minimum absolute atomic E-state index is 1.10. The maximum Gasteiger partial charge on any atom is 0.122 e. The van der Waals surface area contributed by atoms with Crippen molar-refractivity contribution in [2.24, 2.45) is 0 Å². The Morgan fingerprint density at radius 1 is 0.846 bits per heavy atom. The minimum atomic E-state index is 1.10. The molecule has 0 aromatic heterocycles. The van der Waals surface area contributed by atoms with Crippen molar-refractivity contribution in [3.8, 4) is 0 Å². The normalized spacial score (nSPS) is 12.5. The Balaban J connectivity index is 3.09. The van der Waals surface area contributed by atoms with Gasteiger partial charge in [-0.05, 0) is 19.3 Å². The van der Waals surface area contributed by atoms with E-state index in [4.69, 9.17) is 0 Å². The third-order valence-electron chi connectivity index (χ3n) is 2.18. The largest absolute Gasteiger partial charge is 0.331 e. The molecule has 1 radical (unpaired) electrons. The highest BCUT2D eigenvalue weighted by Gasteiger charge is 2.05. The first-order valence-corrected chi connectivity index (χ1v) is 5.37. The van der Waals surface area contributed by atoms with Crippen molar-refractivity contribution < 1.29 is 4.48 Å². The van der Waals surface area contributed by atoms with Gasteiger partial charge in [0.15, 0.2) is 0 Å². The molecule has 0 unspecified atom stereocenters. The lowest BCUT2D eigenvalue weighted by Gasteiger charge is -2.23.